The topological polar surface area (TPSA) is 28.1 Å². The molecule has 0 spiro atoms. The quantitative estimate of drug-likeness (QED) is 0.465. The first-order valence-electron chi connectivity index (χ1n) is 7.01. The zero-order valence-corrected chi connectivity index (χ0v) is 12.6. The Labute approximate surface area is 134 Å². The van der Waals surface area contributed by atoms with E-state index in [0.29, 0.717) is 5.02 Å². The molecule has 3 aromatic rings. The molecule has 3 rings (SSSR count). The second kappa shape index (κ2) is 6.01. The van der Waals surface area contributed by atoms with Crippen LogP contribution in [0.1, 0.15) is 16.7 Å². The normalized spacial score (nSPS) is 10.9. The summed E-state index contributed by atoms with van der Waals surface area (Å²) < 4.78 is 0. The summed E-state index contributed by atoms with van der Waals surface area (Å²) in [5.74, 6) is 0. The van der Waals surface area contributed by atoms with Crippen molar-refractivity contribution in [1.82, 2.24) is 0 Å². The van der Waals surface area contributed by atoms with Crippen LogP contribution >= 0.6 is 11.6 Å². The molecule has 0 radical (unpaired) electrons. The van der Waals surface area contributed by atoms with Crippen LogP contribution < -0.4 is 0 Å². The van der Waals surface area contributed by atoms with E-state index in [2.05, 4.69) is 4.98 Å². The molecule has 2 nitrogen and oxygen atoms in total. The minimum absolute atomic E-state index is 0.563. The maximum absolute atomic E-state index is 10.0. The lowest BCUT2D eigenvalue weighted by atomic mass is 9.78. The van der Waals surface area contributed by atoms with E-state index in [4.69, 9.17) is 11.6 Å². The standard InChI is InChI=1S/C19H14ClN2/c20-18-14-8-7-13-17(18)19(22-21,15-9-3-1-4-10-15)16-11-5-2-6-12-16/h1-14H/q+1. The van der Waals surface area contributed by atoms with Crippen LogP contribution in [0.2, 0.25) is 5.02 Å². The SMILES string of the molecule is N#[N+]C(c1ccccc1)(c1ccccc1)c1ccccc1Cl. The average molecular weight is 306 g/mol. The molecule has 0 aromatic heterocycles. The summed E-state index contributed by atoms with van der Waals surface area (Å²) in [6.07, 6.45) is 0. The Balaban J connectivity index is 2.37. The van der Waals surface area contributed by atoms with Crippen molar-refractivity contribution in [2.24, 2.45) is 0 Å². The molecule has 0 atom stereocenters. The van der Waals surface area contributed by atoms with Gasteiger partial charge in [0.2, 0.25) is 5.39 Å². The predicted molar refractivity (Wildman–Crippen MR) is 89.3 cm³/mol. The molecule has 0 aliphatic carbocycles. The van der Waals surface area contributed by atoms with Crippen LogP contribution in [0.4, 0.5) is 0 Å². The fraction of sp³-hybridized carbons (Fsp3) is 0.0526. The molecule has 3 heteroatoms. The zero-order chi connectivity index (χ0) is 15.4. The molecule has 106 valence electrons. The van der Waals surface area contributed by atoms with Gasteiger partial charge < -0.3 is 0 Å². The highest BCUT2D eigenvalue weighted by atomic mass is 35.5. The number of nitrogens with zero attached hydrogens (tertiary/aromatic N) is 2. The molecule has 0 unspecified atom stereocenters. The van der Waals surface area contributed by atoms with E-state index >= 15 is 0 Å². The van der Waals surface area contributed by atoms with E-state index in [-0.39, 0.29) is 0 Å². The highest BCUT2D eigenvalue weighted by molar-refractivity contribution is 6.31. The molecule has 0 bridgehead atoms. The van der Waals surface area contributed by atoms with Crippen LogP contribution in [-0.4, -0.2) is 0 Å². The zero-order valence-electron chi connectivity index (χ0n) is 11.9. The molecule has 0 amide bonds. The lowest BCUT2D eigenvalue weighted by molar-refractivity contribution is 0.754. The maximum Gasteiger partial charge on any atom is 0.399 e. The number of hydrogen-bond donors (Lipinski definition) is 0. The van der Waals surface area contributed by atoms with Crippen molar-refractivity contribution in [3.05, 3.63) is 112 Å². The van der Waals surface area contributed by atoms with Crippen LogP contribution in [0.3, 0.4) is 0 Å². The third-order valence-corrected chi connectivity index (χ3v) is 4.13. The first-order valence-corrected chi connectivity index (χ1v) is 7.39. The Bertz CT molecular complexity index is 768. The number of benzene rings is 3. The lowest BCUT2D eigenvalue weighted by Gasteiger charge is -2.18. The van der Waals surface area contributed by atoms with Gasteiger partial charge in [-0.15, -0.1) is 0 Å². The third-order valence-electron chi connectivity index (χ3n) is 3.80. The maximum atomic E-state index is 10.0. The van der Waals surface area contributed by atoms with Crippen LogP contribution in [0, 0.1) is 5.39 Å². The number of hydrogen-bond acceptors (Lipinski definition) is 1. The number of diazo groups is 1. The van der Waals surface area contributed by atoms with Crippen molar-refractivity contribution >= 4 is 11.6 Å². The highest BCUT2D eigenvalue weighted by Crippen LogP contribution is 2.43. The highest BCUT2D eigenvalue weighted by Gasteiger charge is 2.51. The van der Waals surface area contributed by atoms with Gasteiger partial charge in [-0.3, -0.25) is 0 Å². The van der Waals surface area contributed by atoms with E-state index in [1.165, 1.54) is 0 Å². The van der Waals surface area contributed by atoms with Gasteiger partial charge in [-0.25, -0.2) is 0 Å². The van der Waals surface area contributed by atoms with Gasteiger partial charge in [-0.05, 0) is 36.4 Å². The molecule has 0 saturated heterocycles. The third kappa shape index (κ3) is 2.26. The molecule has 0 saturated carbocycles. The summed E-state index contributed by atoms with van der Waals surface area (Å²) in [5, 5.41) is 10.6. The van der Waals surface area contributed by atoms with E-state index in [0.717, 1.165) is 16.7 Å². The van der Waals surface area contributed by atoms with E-state index in [9.17, 15) is 5.39 Å². The molecule has 3 aromatic carbocycles. The summed E-state index contributed by atoms with van der Waals surface area (Å²) in [7, 11) is 0. The summed E-state index contributed by atoms with van der Waals surface area (Å²) in [4.78, 5) is 3.81. The Kier molecular flexibility index (Phi) is 3.91. The Morgan fingerprint density at radius 3 is 1.59 bits per heavy atom. The van der Waals surface area contributed by atoms with Gasteiger partial charge in [0.15, 0.2) is 0 Å². The van der Waals surface area contributed by atoms with E-state index < -0.39 is 5.54 Å². The van der Waals surface area contributed by atoms with Gasteiger partial charge in [0, 0.05) is 0 Å². The van der Waals surface area contributed by atoms with Gasteiger partial charge >= 0.3 is 5.54 Å². The van der Waals surface area contributed by atoms with Crippen molar-refractivity contribution in [3.63, 3.8) is 0 Å². The van der Waals surface area contributed by atoms with Crippen LogP contribution in [-0.2, 0) is 5.54 Å². The van der Waals surface area contributed by atoms with Crippen LogP contribution in [0.5, 0.6) is 0 Å². The molecule has 0 fully saturated rings. The summed E-state index contributed by atoms with van der Waals surface area (Å²) in [5.41, 5.74) is 1.42. The summed E-state index contributed by atoms with van der Waals surface area (Å²) >= 11 is 6.42. The van der Waals surface area contributed by atoms with E-state index in [1.54, 1.807) is 0 Å². The Morgan fingerprint density at radius 2 is 1.14 bits per heavy atom. The number of rotatable bonds is 3. The molecule has 0 heterocycles. The van der Waals surface area contributed by atoms with Crippen LogP contribution in [0.15, 0.2) is 84.9 Å². The van der Waals surface area contributed by atoms with Gasteiger partial charge in [0.25, 0.3) is 0 Å². The molecule has 22 heavy (non-hydrogen) atoms. The smallest absolute Gasteiger partial charge is 0.0837 e. The first kappa shape index (κ1) is 14.3. The van der Waals surface area contributed by atoms with Crippen molar-refractivity contribution < 1.29 is 0 Å². The summed E-state index contributed by atoms with van der Waals surface area (Å²) in [6, 6.07) is 26.8. The molecule has 0 N–H and O–H groups in total. The lowest BCUT2D eigenvalue weighted by Crippen LogP contribution is -2.25. The number of halogens is 1. The van der Waals surface area contributed by atoms with Gasteiger partial charge in [-0.2, -0.15) is 0 Å². The molecular formula is C19H14ClN2+. The van der Waals surface area contributed by atoms with Gasteiger partial charge in [-0.1, -0.05) is 60.1 Å². The van der Waals surface area contributed by atoms with Crippen molar-refractivity contribution in [3.8, 4) is 0 Å². The molecule has 0 aliphatic heterocycles. The average Bonchev–Trinajstić information content (AvgIpc) is 2.59. The van der Waals surface area contributed by atoms with Crippen LogP contribution in [0.25, 0.3) is 4.98 Å². The van der Waals surface area contributed by atoms with Gasteiger partial charge in [0.05, 0.1) is 21.7 Å². The monoisotopic (exact) mass is 305 g/mol. The van der Waals surface area contributed by atoms with Gasteiger partial charge in [0.1, 0.15) is 4.98 Å². The second-order valence-corrected chi connectivity index (χ2v) is 5.43. The molecule has 0 aliphatic rings. The van der Waals surface area contributed by atoms with Crippen molar-refractivity contribution in [1.29, 1.82) is 5.39 Å². The fourth-order valence-corrected chi connectivity index (χ4v) is 3.03. The fourth-order valence-electron chi connectivity index (χ4n) is 2.76. The largest absolute Gasteiger partial charge is 0.399 e. The Morgan fingerprint density at radius 1 is 0.682 bits per heavy atom. The van der Waals surface area contributed by atoms with Crippen molar-refractivity contribution in [2.75, 3.05) is 0 Å². The predicted octanol–water partition coefficient (Wildman–Crippen LogP) is 5.48. The first-order chi connectivity index (χ1) is 10.8. The molecular weight excluding hydrogens is 292 g/mol. The Hall–Kier alpha value is -2.63. The summed E-state index contributed by atoms with van der Waals surface area (Å²) in [6.45, 7) is 0. The van der Waals surface area contributed by atoms with Crippen molar-refractivity contribution in [2.45, 2.75) is 5.54 Å². The van der Waals surface area contributed by atoms with E-state index in [1.807, 2.05) is 84.9 Å². The second-order valence-electron chi connectivity index (χ2n) is 5.02. The minimum Gasteiger partial charge on any atom is -0.0837 e. The minimum atomic E-state index is -1.04.